The van der Waals surface area contributed by atoms with E-state index >= 15 is 0 Å². The van der Waals surface area contributed by atoms with E-state index in [-0.39, 0.29) is 63.6 Å². The third-order valence-electron chi connectivity index (χ3n) is 13.8. The number of rotatable bonds is 12. The molecule has 7 rings (SSSR count). The molecule has 3 aliphatic rings. The van der Waals surface area contributed by atoms with Crippen LogP contribution in [0, 0.1) is 11.3 Å². The molecular formula is C54H71N7O10. The van der Waals surface area contributed by atoms with Crippen molar-refractivity contribution in [3.63, 3.8) is 0 Å². The number of aromatic hydroxyl groups is 1. The van der Waals surface area contributed by atoms with E-state index in [1.54, 1.807) is 33.1 Å². The van der Waals surface area contributed by atoms with Gasteiger partial charge >= 0.3 is 5.97 Å². The van der Waals surface area contributed by atoms with Gasteiger partial charge in [0.25, 0.3) is 11.8 Å². The minimum Gasteiger partial charge on any atom is -0.508 e. The highest BCUT2D eigenvalue weighted by atomic mass is 16.6. The second-order valence-corrected chi connectivity index (χ2v) is 20.8. The molecule has 6 bridgehead atoms. The van der Waals surface area contributed by atoms with Gasteiger partial charge in [0.1, 0.15) is 17.8 Å². The number of fused-ring (bicyclic) bond motifs is 6. The number of aliphatic hydroxyl groups is 2. The van der Waals surface area contributed by atoms with E-state index in [1.807, 2.05) is 63.2 Å². The molecule has 2 fully saturated rings. The van der Waals surface area contributed by atoms with Crippen LogP contribution in [0.15, 0.2) is 72.8 Å². The summed E-state index contributed by atoms with van der Waals surface area (Å²) in [4.78, 5) is 75.1. The van der Waals surface area contributed by atoms with Crippen LogP contribution in [0.25, 0.3) is 33.3 Å². The lowest BCUT2D eigenvalue weighted by molar-refractivity contribution is -0.189. The molecule has 5 N–H and O–H groups in total. The molecule has 3 aromatic carbocycles. The normalized spacial score (nSPS) is 22.2. The van der Waals surface area contributed by atoms with E-state index in [0.29, 0.717) is 37.2 Å². The molecule has 17 heteroatoms. The molecule has 4 atom stereocenters. The van der Waals surface area contributed by atoms with Crippen LogP contribution in [0.5, 0.6) is 5.75 Å². The summed E-state index contributed by atoms with van der Waals surface area (Å²) in [7, 11) is 6.82. The van der Waals surface area contributed by atoms with Crippen LogP contribution in [-0.2, 0) is 59.4 Å². The summed E-state index contributed by atoms with van der Waals surface area (Å²) >= 11 is 0. The molecule has 3 aliphatic heterocycles. The second-order valence-electron chi connectivity index (χ2n) is 20.8. The van der Waals surface area contributed by atoms with Crippen molar-refractivity contribution < 1.29 is 48.8 Å². The molecule has 2 saturated heterocycles. The summed E-state index contributed by atoms with van der Waals surface area (Å²) in [6.07, 6.45) is 3.55. The molecule has 4 aromatic rings. The number of carbonyl (C=O) groups is 5. The Kier molecular flexibility index (Phi) is 15.8. The molecule has 382 valence electrons. The SMILES string of the molecule is CCn1c(-c2ccccc2COC)c2c3cc(ccc31)-c1cc(O)cc(c1)C[C@H](NC(=O)[C@H](C(C)C)N(C)C(=O)C1(O)CCN(C(=O)/C=C/CN(C)C)C1)C(=O)N1CCC[C@@](O)(N1)C(=O)OCC(C)(C)C2. The number of aryl methyl sites for hydroxylation is 1. The smallest absolute Gasteiger partial charge is 0.355 e. The number of likely N-dealkylation sites (tertiary alicyclic amines) is 1. The summed E-state index contributed by atoms with van der Waals surface area (Å²) in [5.74, 6) is -4.04. The predicted molar refractivity (Wildman–Crippen MR) is 269 cm³/mol. The number of aromatic nitrogens is 1. The van der Waals surface area contributed by atoms with Gasteiger partial charge in [-0.3, -0.25) is 24.2 Å². The van der Waals surface area contributed by atoms with Crippen molar-refractivity contribution in [3.8, 4) is 28.1 Å². The number of phenols is 1. The number of nitrogens with one attached hydrogen (secondary N) is 2. The first-order valence-electron chi connectivity index (χ1n) is 24.5. The van der Waals surface area contributed by atoms with Crippen molar-refractivity contribution in [3.05, 3.63) is 89.5 Å². The number of β-amino-alcohol motifs (C(OH)–C–C–N with tert-alkyl or cyclic N) is 1. The van der Waals surface area contributed by atoms with Gasteiger partial charge in [0.15, 0.2) is 5.60 Å². The molecular weight excluding hydrogens is 907 g/mol. The van der Waals surface area contributed by atoms with Gasteiger partial charge in [0.2, 0.25) is 17.5 Å². The molecule has 17 nitrogen and oxygen atoms in total. The van der Waals surface area contributed by atoms with Crippen molar-refractivity contribution in [1.29, 1.82) is 0 Å². The molecule has 1 unspecified atom stereocenters. The van der Waals surface area contributed by atoms with Crippen LogP contribution in [0.4, 0.5) is 0 Å². The minimum atomic E-state index is -2.29. The zero-order valence-electron chi connectivity index (χ0n) is 42.6. The Balaban J connectivity index is 1.28. The number of esters is 1. The Labute approximate surface area is 416 Å². The number of benzene rings is 3. The van der Waals surface area contributed by atoms with Gasteiger partial charge in [-0.1, -0.05) is 70.2 Å². The van der Waals surface area contributed by atoms with E-state index in [4.69, 9.17) is 9.47 Å². The third-order valence-corrected chi connectivity index (χ3v) is 13.8. The highest BCUT2D eigenvalue weighted by molar-refractivity contribution is 5.97. The Morgan fingerprint density at radius 2 is 1.75 bits per heavy atom. The molecule has 0 radical (unpaired) electrons. The third kappa shape index (κ3) is 11.3. The quantitative estimate of drug-likeness (QED) is 0.0992. The Hall–Kier alpha value is -6.11. The van der Waals surface area contributed by atoms with Gasteiger partial charge in [0.05, 0.1) is 25.5 Å². The average molecular weight is 978 g/mol. The lowest BCUT2D eigenvalue weighted by atomic mass is 9.84. The van der Waals surface area contributed by atoms with Crippen LogP contribution < -0.4 is 10.7 Å². The van der Waals surface area contributed by atoms with Crippen molar-refractivity contribution in [2.24, 2.45) is 11.3 Å². The molecule has 0 spiro atoms. The monoisotopic (exact) mass is 978 g/mol. The van der Waals surface area contributed by atoms with Gasteiger partial charge in [-0.25, -0.2) is 4.79 Å². The van der Waals surface area contributed by atoms with Crippen LogP contribution >= 0.6 is 0 Å². The number of ether oxygens (including phenoxy) is 2. The fourth-order valence-electron chi connectivity index (χ4n) is 10.3. The van der Waals surface area contributed by atoms with Crippen LogP contribution in [-0.4, -0.2) is 154 Å². The van der Waals surface area contributed by atoms with E-state index in [0.717, 1.165) is 43.9 Å². The number of amides is 4. The number of hydrogen-bond donors (Lipinski definition) is 5. The maximum atomic E-state index is 14.8. The molecule has 0 aliphatic carbocycles. The Morgan fingerprint density at radius 1 is 1.00 bits per heavy atom. The van der Waals surface area contributed by atoms with Crippen LogP contribution in [0.2, 0.25) is 0 Å². The van der Waals surface area contributed by atoms with Crippen molar-refractivity contribution in [2.45, 2.75) is 103 Å². The first kappa shape index (κ1) is 52.7. The molecule has 4 amide bonds. The topological polar surface area (TPSA) is 206 Å². The zero-order valence-corrected chi connectivity index (χ0v) is 42.6. The highest BCUT2D eigenvalue weighted by Gasteiger charge is 2.49. The first-order chi connectivity index (χ1) is 33.6. The van der Waals surface area contributed by atoms with E-state index in [9.17, 15) is 39.3 Å². The summed E-state index contributed by atoms with van der Waals surface area (Å²) in [5, 5.41) is 39.9. The van der Waals surface area contributed by atoms with E-state index in [2.05, 4.69) is 40.4 Å². The van der Waals surface area contributed by atoms with Crippen LogP contribution in [0.3, 0.4) is 0 Å². The number of phenolic OH excluding ortho intramolecular Hbond substituents is 1. The second kappa shape index (κ2) is 21.3. The zero-order chi connectivity index (χ0) is 51.6. The predicted octanol–water partition coefficient (Wildman–Crippen LogP) is 4.38. The van der Waals surface area contributed by atoms with Gasteiger partial charge in [0, 0.05) is 87.6 Å². The Bertz CT molecular complexity index is 2690. The Morgan fingerprint density at radius 3 is 2.45 bits per heavy atom. The molecule has 1 aromatic heterocycles. The highest BCUT2D eigenvalue weighted by Crippen LogP contribution is 2.42. The van der Waals surface area contributed by atoms with Gasteiger partial charge in [-0.2, -0.15) is 5.43 Å². The van der Waals surface area contributed by atoms with Gasteiger partial charge in [-0.05, 0) is 91.9 Å². The number of likely N-dealkylation sites (N-methyl/N-ethyl adjacent to an activating group) is 2. The largest absolute Gasteiger partial charge is 0.508 e. The minimum absolute atomic E-state index is 0.0392. The number of cyclic esters (lactones) is 1. The lowest BCUT2D eigenvalue weighted by Crippen LogP contribution is -2.67. The number of nitrogens with zero attached hydrogens (tertiary/aromatic N) is 5. The molecule has 0 saturated carbocycles. The summed E-state index contributed by atoms with van der Waals surface area (Å²) < 4.78 is 13.9. The van der Waals surface area contributed by atoms with Gasteiger partial charge in [-0.15, -0.1) is 0 Å². The lowest BCUT2D eigenvalue weighted by Gasteiger charge is -2.40. The average Bonchev–Trinajstić information content (AvgIpc) is 3.87. The molecule has 71 heavy (non-hydrogen) atoms. The van der Waals surface area contributed by atoms with Crippen molar-refractivity contribution in [2.75, 3.05) is 61.0 Å². The van der Waals surface area contributed by atoms with Crippen molar-refractivity contribution >= 4 is 40.5 Å². The number of hydrogen-bond acceptors (Lipinski definition) is 12. The standard InChI is InChI=1S/C54H71N7O10/c1-10-60-44-19-18-36-29-41(44)42(47(60)40-16-12-11-15-37(40)31-70-9)30-52(4,5)33-71-51(67)54(69)20-14-23-61(56-54)49(65)43(27-35-25-38(36)28-39(62)26-35)55-48(64)46(34(2)3)58(8)50(66)53(68)21-24-59(32-53)45(63)17-13-22-57(6)7/h11-13,15-19,25-26,28-29,34,43,46,56,62,68-69H,10,14,20-24,27,30-33H2,1-9H3,(H,55,64)/b17-13+/t43-,46-,53?,54-/m0/s1. The fraction of sp³-hybridized carbons (Fsp3) is 0.500. The summed E-state index contributed by atoms with van der Waals surface area (Å²) in [6, 6.07) is 16.7. The maximum absolute atomic E-state index is 14.8. The number of methoxy groups -OCH3 is 1. The number of hydrazine groups is 1. The van der Waals surface area contributed by atoms with E-state index in [1.165, 1.54) is 29.0 Å². The van der Waals surface area contributed by atoms with Crippen LogP contribution in [0.1, 0.15) is 70.6 Å². The van der Waals surface area contributed by atoms with Crippen molar-refractivity contribution in [1.82, 2.24) is 35.0 Å². The summed E-state index contributed by atoms with van der Waals surface area (Å²) in [5.41, 5.74) is 4.76. The summed E-state index contributed by atoms with van der Waals surface area (Å²) in [6.45, 7) is 11.0. The first-order valence-corrected chi connectivity index (χ1v) is 24.5. The molecule has 4 heterocycles. The maximum Gasteiger partial charge on any atom is 0.355 e. The fourth-order valence-corrected chi connectivity index (χ4v) is 10.3. The number of carbonyl (C=O) groups excluding carboxylic acids is 5. The van der Waals surface area contributed by atoms with Gasteiger partial charge < -0.3 is 49.4 Å². The van der Waals surface area contributed by atoms with E-state index < -0.39 is 58.4 Å².